The molecule has 2 fully saturated rings. The topological polar surface area (TPSA) is 128 Å². The number of halogens is 1. The molecule has 1 heterocycles. The van der Waals surface area contributed by atoms with Crippen LogP contribution in [0.3, 0.4) is 0 Å². The summed E-state index contributed by atoms with van der Waals surface area (Å²) in [7, 11) is 1.17. The molecule has 2 aliphatic carbocycles. The molecule has 0 radical (unpaired) electrons. The van der Waals surface area contributed by atoms with E-state index in [1.807, 2.05) is 12.2 Å². The number of hydrazone groups is 1. The number of nitro groups is 1. The number of allylic oxidation sites excluding steroid dienone is 2. The molecule has 0 spiro atoms. The van der Waals surface area contributed by atoms with Crippen molar-refractivity contribution in [2.24, 2.45) is 28.8 Å². The summed E-state index contributed by atoms with van der Waals surface area (Å²) in [6.07, 6.45) is 6.00. The molecule has 4 unspecified atom stereocenters. The lowest BCUT2D eigenvalue weighted by Crippen LogP contribution is -2.28. The average Bonchev–Trinajstić information content (AvgIpc) is 3.39. The molecule has 2 bridgehead atoms. The Morgan fingerprint density at radius 3 is 2.50 bits per heavy atom. The number of rotatable bonds is 6. The first-order valence-electron chi connectivity index (χ1n) is 9.09. The van der Waals surface area contributed by atoms with Gasteiger partial charge in [0.2, 0.25) is 5.75 Å². The number of ether oxygens (including phenoxy) is 2. The first-order valence-corrected chi connectivity index (χ1v) is 9.88. The summed E-state index contributed by atoms with van der Waals surface area (Å²) in [5.41, 5.74) is -0.134. The number of benzene rings is 1. The summed E-state index contributed by atoms with van der Waals surface area (Å²) in [6.45, 7) is -0.501. The van der Waals surface area contributed by atoms with Crippen LogP contribution in [0.2, 0.25) is 0 Å². The van der Waals surface area contributed by atoms with E-state index in [1.165, 1.54) is 25.5 Å². The van der Waals surface area contributed by atoms with Crippen molar-refractivity contribution >= 4 is 45.6 Å². The van der Waals surface area contributed by atoms with Crippen LogP contribution in [-0.4, -0.2) is 47.6 Å². The first-order chi connectivity index (χ1) is 14.3. The molecule has 4 rings (SSSR count). The fraction of sp³-hybridized carbons (Fsp3) is 0.368. The number of nitrogens with zero attached hydrogens (tertiary/aromatic N) is 3. The summed E-state index contributed by atoms with van der Waals surface area (Å²) < 4.78 is 9.86. The summed E-state index contributed by atoms with van der Waals surface area (Å²) in [5.74, 6) is -2.14. The quantitative estimate of drug-likeness (QED) is 0.153. The van der Waals surface area contributed by atoms with E-state index in [0.29, 0.717) is 0 Å². The summed E-state index contributed by atoms with van der Waals surface area (Å²) in [4.78, 5) is 47.3. The maximum Gasteiger partial charge on any atom is 0.343 e. The van der Waals surface area contributed by atoms with Gasteiger partial charge in [-0.05, 0) is 40.3 Å². The zero-order valence-corrected chi connectivity index (χ0v) is 17.3. The maximum atomic E-state index is 12.7. The fourth-order valence-electron chi connectivity index (χ4n) is 4.27. The van der Waals surface area contributed by atoms with Gasteiger partial charge in [0.1, 0.15) is 0 Å². The molecule has 11 heteroatoms. The molecule has 156 valence electrons. The lowest BCUT2D eigenvalue weighted by Gasteiger charge is -2.13. The van der Waals surface area contributed by atoms with Crippen LogP contribution in [0.1, 0.15) is 12.0 Å². The highest BCUT2D eigenvalue weighted by molar-refractivity contribution is 9.10. The van der Waals surface area contributed by atoms with E-state index in [-0.39, 0.29) is 51.3 Å². The lowest BCUT2D eigenvalue weighted by molar-refractivity contribution is -0.385. The minimum absolute atomic E-state index is 0.0677. The Morgan fingerprint density at radius 2 is 1.93 bits per heavy atom. The highest BCUT2D eigenvalue weighted by Gasteiger charge is 2.59. The Morgan fingerprint density at radius 1 is 1.30 bits per heavy atom. The largest absolute Gasteiger partial charge is 0.474 e. The second-order valence-electron chi connectivity index (χ2n) is 7.21. The number of methoxy groups -OCH3 is 1. The maximum absolute atomic E-state index is 12.7. The van der Waals surface area contributed by atoms with Crippen molar-refractivity contribution in [1.82, 2.24) is 5.01 Å². The molecular weight excluding hydrogens is 462 g/mol. The van der Waals surface area contributed by atoms with Gasteiger partial charge in [-0.1, -0.05) is 12.2 Å². The summed E-state index contributed by atoms with van der Waals surface area (Å²) in [5, 5.41) is 16.3. The second kappa shape index (κ2) is 7.63. The van der Waals surface area contributed by atoms with Crippen LogP contribution < -0.4 is 4.74 Å². The van der Waals surface area contributed by atoms with E-state index in [0.717, 1.165) is 11.4 Å². The Hall–Kier alpha value is -3.08. The Bertz CT molecular complexity index is 992. The third kappa shape index (κ3) is 3.28. The van der Waals surface area contributed by atoms with Gasteiger partial charge in [0.15, 0.2) is 6.61 Å². The van der Waals surface area contributed by atoms with Gasteiger partial charge >= 0.3 is 11.7 Å². The van der Waals surface area contributed by atoms with Crippen molar-refractivity contribution in [2.45, 2.75) is 6.42 Å². The van der Waals surface area contributed by atoms with Gasteiger partial charge in [-0.3, -0.25) is 19.7 Å². The molecule has 2 amide bonds. The third-order valence-corrected chi connectivity index (χ3v) is 6.16. The van der Waals surface area contributed by atoms with Crippen LogP contribution in [0.25, 0.3) is 0 Å². The molecule has 0 N–H and O–H groups in total. The van der Waals surface area contributed by atoms with E-state index >= 15 is 0 Å². The average molecular weight is 478 g/mol. The number of fused-ring (bicyclic) bond motifs is 5. The highest BCUT2D eigenvalue weighted by Crippen LogP contribution is 2.52. The first kappa shape index (κ1) is 20.2. The molecule has 1 aromatic rings. The highest BCUT2D eigenvalue weighted by atomic mass is 79.9. The molecule has 1 saturated heterocycles. The Balaban J connectivity index is 1.57. The lowest BCUT2D eigenvalue weighted by atomic mass is 9.85. The summed E-state index contributed by atoms with van der Waals surface area (Å²) >= 11 is 3.18. The SMILES string of the molecule is COC(=O)COc1c(Br)cc(C=NN2C(=O)C3C4C=CC(C4)C3C2=O)cc1[N+](=O)[O-]. The predicted octanol–water partition coefficient (Wildman–Crippen LogP) is 2.05. The van der Waals surface area contributed by atoms with E-state index < -0.39 is 23.2 Å². The van der Waals surface area contributed by atoms with E-state index in [2.05, 4.69) is 25.8 Å². The van der Waals surface area contributed by atoms with E-state index in [1.54, 1.807) is 0 Å². The minimum atomic E-state index is -0.693. The monoisotopic (exact) mass is 477 g/mol. The number of imide groups is 1. The zero-order valence-electron chi connectivity index (χ0n) is 15.7. The molecule has 10 nitrogen and oxygen atoms in total. The normalized spacial score (nSPS) is 26.5. The van der Waals surface area contributed by atoms with Crippen molar-refractivity contribution < 1.29 is 28.8 Å². The van der Waals surface area contributed by atoms with E-state index in [4.69, 9.17) is 4.74 Å². The van der Waals surface area contributed by atoms with Gasteiger partial charge in [0, 0.05) is 11.6 Å². The number of nitro benzene ring substituents is 1. The third-order valence-electron chi connectivity index (χ3n) is 5.57. The number of hydrogen-bond acceptors (Lipinski definition) is 8. The molecule has 30 heavy (non-hydrogen) atoms. The molecular formula is C19H16BrN3O7. The summed E-state index contributed by atoms with van der Waals surface area (Å²) in [6, 6.07) is 2.65. The predicted molar refractivity (Wildman–Crippen MR) is 105 cm³/mol. The number of hydrogen-bond donors (Lipinski definition) is 0. The van der Waals surface area contributed by atoms with Crippen molar-refractivity contribution in [1.29, 1.82) is 0 Å². The Kier molecular flexibility index (Phi) is 5.14. The zero-order chi connectivity index (χ0) is 21.6. The second-order valence-corrected chi connectivity index (χ2v) is 8.06. The van der Waals surface area contributed by atoms with Gasteiger partial charge < -0.3 is 9.47 Å². The van der Waals surface area contributed by atoms with Crippen molar-refractivity contribution in [3.05, 3.63) is 44.4 Å². The van der Waals surface area contributed by atoms with Crippen LogP contribution >= 0.6 is 15.9 Å². The van der Waals surface area contributed by atoms with Crippen LogP contribution in [-0.2, 0) is 19.1 Å². The van der Waals surface area contributed by atoms with Crippen molar-refractivity contribution in [3.8, 4) is 5.75 Å². The van der Waals surface area contributed by atoms with Gasteiger partial charge in [0.25, 0.3) is 11.8 Å². The van der Waals surface area contributed by atoms with Gasteiger partial charge in [-0.2, -0.15) is 10.1 Å². The Labute approximate surface area is 178 Å². The number of carbonyl (C=O) groups excluding carboxylic acids is 3. The standard InChI is InChI=1S/C19H16BrN3O7/c1-29-14(24)8-30-17-12(20)4-9(5-13(17)23(27)28)7-21-22-18(25)15-10-2-3-11(6-10)16(15)19(22)26/h2-5,7,10-11,15-16H,6,8H2,1H3. The van der Waals surface area contributed by atoms with Gasteiger partial charge in [-0.25, -0.2) is 4.79 Å². The molecule has 1 aliphatic heterocycles. The number of esters is 1. The van der Waals surface area contributed by atoms with Crippen molar-refractivity contribution in [2.75, 3.05) is 13.7 Å². The molecule has 1 saturated carbocycles. The van der Waals surface area contributed by atoms with E-state index in [9.17, 15) is 24.5 Å². The van der Waals surface area contributed by atoms with Gasteiger partial charge in [0.05, 0.1) is 34.6 Å². The van der Waals surface area contributed by atoms with Crippen LogP contribution in [0.4, 0.5) is 5.69 Å². The van der Waals surface area contributed by atoms with Crippen LogP contribution in [0.15, 0.2) is 33.9 Å². The fourth-order valence-corrected chi connectivity index (χ4v) is 4.85. The molecule has 4 atom stereocenters. The molecule has 0 aromatic heterocycles. The minimum Gasteiger partial charge on any atom is -0.474 e. The van der Waals surface area contributed by atoms with Crippen LogP contribution in [0, 0.1) is 33.8 Å². The molecule has 3 aliphatic rings. The number of amides is 2. The number of carbonyl (C=O) groups is 3. The van der Waals surface area contributed by atoms with Crippen molar-refractivity contribution in [3.63, 3.8) is 0 Å². The van der Waals surface area contributed by atoms with Crippen LogP contribution in [0.5, 0.6) is 5.75 Å². The molecule has 1 aromatic carbocycles. The smallest absolute Gasteiger partial charge is 0.343 e. The van der Waals surface area contributed by atoms with Gasteiger partial charge in [-0.15, -0.1) is 0 Å².